The Hall–Kier alpha value is -2.72. The number of halogens is 1. The number of carbonyl (C=O) groups excluding carboxylic acids is 1. The van der Waals surface area contributed by atoms with E-state index in [-0.39, 0.29) is 43.7 Å². The van der Waals surface area contributed by atoms with Crippen LogP contribution < -0.4 is 4.74 Å². The number of nitrogens with zero attached hydrogens (tertiary/aromatic N) is 2. The molecule has 0 radical (unpaired) electrons. The fraction of sp³-hybridized carbons (Fsp3) is 0.294. The normalized spacial score (nSPS) is 20.0. The summed E-state index contributed by atoms with van der Waals surface area (Å²) in [4.78, 5) is 13.9. The van der Waals surface area contributed by atoms with Crippen LogP contribution in [-0.4, -0.2) is 44.2 Å². The number of esters is 1. The summed E-state index contributed by atoms with van der Waals surface area (Å²) in [6, 6.07) is 2.57. The maximum absolute atomic E-state index is 13.7. The minimum Gasteiger partial charge on any atom is -0.467 e. The molecule has 0 aliphatic carbocycles. The Morgan fingerprint density at radius 2 is 2.19 bits per heavy atom. The zero-order chi connectivity index (χ0) is 19.0. The van der Waals surface area contributed by atoms with Crippen molar-refractivity contribution in [3.8, 4) is 5.75 Å². The second kappa shape index (κ2) is 6.78. The van der Waals surface area contributed by atoms with Gasteiger partial charge in [0.25, 0.3) is 10.0 Å². The number of ether oxygens (including phenoxy) is 3. The molecule has 3 aliphatic rings. The molecule has 0 saturated heterocycles. The highest BCUT2D eigenvalue weighted by Gasteiger charge is 2.26. The number of hydrogen-bond acceptors (Lipinski definition) is 7. The molecule has 3 heterocycles. The summed E-state index contributed by atoms with van der Waals surface area (Å²) in [7, 11) is -3.46. The lowest BCUT2D eigenvalue weighted by molar-refractivity contribution is -0.140. The molecule has 0 aromatic heterocycles. The first kappa shape index (κ1) is 17.7. The minimum absolute atomic E-state index is 0.0491. The molecule has 0 atom stereocenters. The lowest BCUT2D eigenvalue weighted by Crippen LogP contribution is -2.37. The van der Waals surface area contributed by atoms with Gasteiger partial charge in [0.1, 0.15) is 24.0 Å². The van der Waals surface area contributed by atoms with Gasteiger partial charge in [0, 0.05) is 23.9 Å². The minimum atomic E-state index is -3.46. The smallest absolute Gasteiger partial charge is 0.339 e. The fourth-order valence-electron chi connectivity index (χ4n) is 2.91. The number of fused-ring (bicyclic) bond motifs is 2. The topological polar surface area (TPSA) is 94.5 Å². The van der Waals surface area contributed by atoms with Crippen LogP contribution in [0.3, 0.4) is 0 Å². The SMILES string of the molecule is O=C(OCc1cc(F)cc2c1OCOC2)C1=CN2CCS(=O)(=O)N=C2C=C1. The molecule has 10 heteroatoms. The van der Waals surface area contributed by atoms with Gasteiger partial charge in [-0.25, -0.2) is 17.6 Å². The molecule has 142 valence electrons. The summed E-state index contributed by atoms with van der Waals surface area (Å²) in [5.41, 5.74) is 1.20. The van der Waals surface area contributed by atoms with Gasteiger partial charge in [-0.2, -0.15) is 0 Å². The largest absolute Gasteiger partial charge is 0.467 e. The van der Waals surface area contributed by atoms with E-state index in [9.17, 15) is 17.6 Å². The Morgan fingerprint density at radius 1 is 1.33 bits per heavy atom. The van der Waals surface area contributed by atoms with Gasteiger partial charge in [0.05, 0.1) is 17.9 Å². The van der Waals surface area contributed by atoms with Crippen LogP contribution in [0, 0.1) is 5.82 Å². The van der Waals surface area contributed by atoms with Gasteiger partial charge >= 0.3 is 5.97 Å². The molecular weight excluding hydrogens is 379 g/mol. The number of amidine groups is 1. The quantitative estimate of drug-likeness (QED) is 0.712. The zero-order valence-electron chi connectivity index (χ0n) is 14.1. The summed E-state index contributed by atoms with van der Waals surface area (Å²) in [6.07, 6.45) is 4.36. The third-order valence-electron chi connectivity index (χ3n) is 4.17. The highest BCUT2D eigenvalue weighted by Crippen LogP contribution is 2.30. The van der Waals surface area contributed by atoms with E-state index in [1.54, 1.807) is 4.90 Å². The molecule has 1 aromatic carbocycles. The zero-order valence-corrected chi connectivity index (χ0v) is 14.9. The van der Waals surface area contributed by atoms with E-state index in [0.717, 1.165) is 0 Å². The third kappa shape index (κ3) is 3.71. The van der Waals surface area contributed by atoms with Crippen molar-refractivity contribution < 1.29 is 31.8 Å². The van der Waals surface area contributed by atoms with Gasteiger partial charge < -0.3 is 19.1 Å². The Labute approximate surface area is 154 Å². The number of sulfonamides is 1. The molecule has 4 rings (SSSR count). The van der Waals surface area contributed by atoms with Crippen molar-refractivity contribution >= 4 is 21.8 Å². The van der Waals surface area contributed by atoms with Gasteiger partial charge in [-0.1, -0.05) is 0 Å². The van der Waals surface area contributed by atoms with Crippen molar-refractivity contribution in [3.63, 3.8) is 0 Å². The Kier molecular flexibility index (Phi) is 4.44. The van der Waals surface area contributed by atoms with E-state index >= 15 is 0 Å². The number of benzene rings is 1. The maximum Gasteiger partial charge on any atom is 0.339 e. The highest BCUT2D eigenvalue weighted by molar-refractivity contribution is 7.90. The van der Waals surface area contributed by atoms with Crippen molar-refractivity contribution in [1.29, 1.82) is 0 Å². The number of rotatable bonds is 3. The molecule has 3 aliphatic heterocycles. The summed E-state index contributed by atoms with van der Waals surface area (Å²) >= 11 is 0. The number of carbonyl (C=O) groups is 1. The predicted octanol–water partition coefficient (Wildman–Crippen LogP) is 1.23. The summed E-state index contributed by atoms with van der Waals surface area (Å²) in [5.74, 6) is -0.507. The molecule has 8 nitrogen and oxygen atoms in total. The molecule has 0 amide bonds. The van der Waals surface area contributed by atoms with E-state index in [1.807, 2.05) is 0 Å². The number of hydrogen-bond donors (Lipinski definition) is 0. The molecule has 0 bridgehead atoms. The lowest BCUT2D eigenvalue weighted by atomic mass is 10.1. The van der Waals surface area contributed by atoms with Crippen LogP contribution >= 0.6 is 0 Å². The van der Waals surface area contributed by atoms with Crippen LogP contribution in [0.2, 0.25) is 0 Å². The van der Waals surface area contributed by atoms with Crippen LogP contribution in [0.25, 0.3) is 0 Å². The standard InChI is InChI=1S/C17H15FN2O6S/c18-14-5-12-8-24-10-26-16(12)13(6-14)9-25-17(21)11-1-2-15-19-27(22,23)4-3-20(15)7-11/h1-2,5-7H,3-4,8-10H2. The molecule has 0 N–H and O–H groups in total. The van der Waals surface area contributed by atoms with Gasteiger partial charge in [-0.05, 0) is 24.3 Å². The van der Waals surface area contributed by atoms with Crippen molar-refractivity contribution in [2.24, 2.45) is 4.40 Å². The predicted molar refractivity (Wildman–Crippen MR) is 91.6 cm³/mol. The van der Waals surface area contributed by atoms with Crippen LogP contribution in [0.15, 0.2) is 40.5 Å². The van der Waals surface area contributed by atoms with Gasteiger partial charge in [0.15, 0.2) is 6.79 Å². The average molecular weight is 394 g/mol. The summed E-state index contributed by atoms with van der Waals surface area (Å²) in [5, 5.41) is 0. The van der Waals surface area contributed by atoms with E-state index in [0.29, 0.717) is 16.9 Å². The molecule has 0 fully saturated rings. The van der Waals surface area contributed by atoms with Crippen LogP contribution in [0.5, 0.6) is 5.75 Å². The average Bonchev–Trinajstić information content (AvgIpc) is 2.64. The lowest BCUT2D eigenvalue weighted by Gasteiger charge is -2.26. The van der Waals surface area contributed by atoms with E-state index in [4.69, 9.17) is 14.2 Å². The first-order valence-electron chi connectivity index (χ1n) is 8.09. The van der Waals surface area contributed by atoms with Gasteiger partial charge in [0.2, 0.25) is 0 Å². The Bertz CT molecular complexity index is 999. The molecular formula is C17H15FN2O6S. The first-order chi connectivity index (χ1) is 12.9. The van der Waals surface area contributed by atoms with Crippen molar-refractivity contribution in [3.05, 3.63) is 53.0 Å². The van der Waals surface area contributed by atoms with E-state index in [2.05, 4.69) is 4.40 Å². The summed E-state index contributed by atoms with van der Waals surface area (Å²) in [6.45, 7) is 0.308. The molecule has 1 aromatic rings. The second-order valence-corrected chi connectivity index (χ2v) is 7.84. The Morgan fingerprint density at radius 3 is 3.04 bits per heavy atom. The van der Waals surface area contributed by atoms with Crippen molar-refractivity contribution in [1.82, 2.24) is 4.90 Å². The highest BCUT2D eigenvalue weighted by atomic mass is 32.2. The second-order valence-electron chi connectivity index (χ2n) is 6.09. The molecule has 27 heavy (non-hydrogen) atoms. The Balaban J connectivity index is 1.48. The van der Waals surface area contributed by atoms with Gasteiger partial charge in [-0.3, -0.25) is 0 Å². The van der Waals surface area contributed by atoms with Crippen LogP contribution in [0.1, 0.15) is 11.1 Å². The van der Waals surface area contributed by atoms with Crippen molar-refractivity contribution in [2.75, 3.05) is 19.1 Å². The first-order valence-corrected chi connectivity index (χ1v) is 9.70. The summed E-state index contributed by atoms with van der Waals surface area (Å²) < 4.78 is 56.2. The molecule has 0 unspecified atom stereocenters. The third-order valence-corrected chi connectivity index (χ3v) is 5.33. The fourth-order valence-corrected chi connectivity index (χ4v) is 3.88. The maximum atomic E-state index is 13.7. The van der Waals surface area contributed by atoms with E-state index < -0.39 is 21.8 Å². The monoisotopic (exact) mass is 394 g/mol. The van der Waals surface area contributed by atoms with Crippen LogP contribution in [0.4, 0.5) is 4.39 Å². The van der Waals surface area contributed by atoms with E-state index in [1.165, 1.54) is 30.5 Å². The molecule has 0 spiro atoms. The van der Waals surface area contributed by atoms with Crippen LogP contribution in [-0.2, 0) is 37.5 Å². The van der Waals surface area contributed by atoms with Gasteiger partial charge in [-0.15, -0.1) is 4.40 Å². The molecule has 0 saturated carbocycles. The van der Waals surface area contributed by atoms with Crippen molar-refractivity contribution in [2.45, 2.75) is 13.2 Å².